The van der Waals surface area contributed by atoms with E-state index in [2.05, 4.69) is 0 Å². The quantitative estimate of drug-likeness (QED) is 0.815. The van der Waals surface area contributed by atoms with E-state index in [0.29, 0.717) is 11.5 Å². The zero-order chi connectivity index (χ0) is 14.1. The lowest BCUT2D eigenvalue weighted by molar-refractivity contribution is -0.119. The first-order valence-corrected chi connectivity index (χ1v) is 7.05. The van der Waals surface area contributed by atoms with Crippen molar-refractivity contribution in [3.63, 3.8) is 0 Å². The normalized spacial score (nSPS) is 20.7. The monoisotopic (exact) mass is 288 g/mol. The molecule has 1 fully saturated rings. The molecule has 0 aromatic heterocycles. The van der Waals surface area contributed by atoms with Crippen LogP contribution in [0.5, 0.6) is 0 Å². The summed E-state index contributed by atoms with van der Waals surface area (Å²) in [5.41, 5.74) is 1.58. The maximum absolute atomic E-state index is 13.8. The summed E-state index contributed by atoms with van der Waals surface area (Å²) in [6, 6.07) is 14.8. The molecule has 0 spiro atoms. The molecule has 1 nitrogen and oxygen atoms in total. The van der Waals surface area contributed by atoms with E-state index in [9.17, 15) is 9.18 Å². The number of Topliss-reactive ketones (excluding diaryl/α,β-unsaturated/α-hetero) is 1. The molecular formula is C17H14ClFO. The Bertz CT molecular complexity index is 639. The van der Waals surface area contributed by atoms with Gasteiger partial charge < -0.3 is 0 Å². The zero-order valence-electron chi connectivity index (χ0n) is 10.9. The van der Waals surface area contributed by atoms with Gasteiger partial charge in [-0.1, -0.05) is 54.1 Å². The van der Waals surface area contributed by atoms with Crippen LogP contribution in [0.25, 0.3) is 0 Å². The molecule has 0 saturated heterocycles. The van der Waals surface area contributed by atoms with Crippen LogP contribution in [0.15, 0.2) is 48.5 Å². The third-order valence-corrected chi connectivity index (χ3v) is 4.12. The molecule has 2 aromatic carbocycles. The van der Waals surface area contributed by atoms with Crippen LogP contribution in [-0.2, 0) is 11.2 Å². The Labute approximate surface area is 122 Å². The van der Waals surface area contributed by atoms with Gasteiger partial charge in [-0.15, -0.1) is 0 Å². The molecule has 2 aromatic rings. The first kappa shape index (κ1) is 13.3. The Kier molecular flexibility index (Phi) is 3.58. The van der Waals surface area contributed by atoms with Crippen LogP contribution >= 0.6 is 11.6 Å². The summed E-state index contributed by atoms with van der Waals surface area (Å²) in [5, 5.41) is 0.0747. The molecule has 1 aliphatic rings. The molecule has 0 amide bonds. The van der Waals surface area contributed by atoms with E-state index in [1.54, 1.807) is 12.1 Å². The van der Waals surface area contributed by atoms with Gasteiger partial charge >= 0.3 is 0 Å². The number of rotatable bonds is 4. The van der Waals surface area contributed by atoms with Crippen molar-refractivity contribution in [2.75, 3.05) is 0 Å². The van der Waals surface area contributed by atoms with Gasteiger partial charge in [-0.3, -0.25) is 4.79 Å². The molecule has 20 heavy (non-hydrogen) atoms. The molecule has 3 heteroatoms. The largest absolute Gasteiger partial charge is 0.299 e. The number of hydrogen-bond acceptors (Lipinski definition) is 1. The maximum atomic E-state index is 13.8. The summed E-state index contributed by atoms with van der Waals surface area (Å²) in [6.07, 6.45) is 0.991. The van der Waals surface area contributed by atoms with Crippen LogP contribution in [0, 0.1) is 11.7 Å². The molecule has 102 valence electrons. The molecule has 1 aliphatic carbocycles. The van der Waals surface area contributed by atoms with Crippen LogP contribution < -0.4 is 0 Å². The molecule has 1 saturated carbocycles. The Hall–Kier alpha value is -1.67. The minimum atomic E-state index is -0.473. The van der Waals surface area contributed by atoms with Crippen LogP contribution in [-0.4, -0.2) is 5.78 Å². The Morgan fingerprint density at radius 2 is 1.90 bits per heavy atom. The highest BCUT2D eigenvalue weighted by atomic mass is 35.5. The van der Waals surface area contributed by atoms with E-state index in [1.165, 1.54) is 11.6 Å². The number of ketones is 1. The Balaban J connectivity index is 1.69. The number of benzene rings is 2. The van der Waals surface area contributed by atoms with Crippen LogP contribution in [0.3, 0.4) is 0 Å². The van der Waals surface area contributed by atoms with Crippen molar-refractivity contribution < 1.29 is 9.18 Å². The highest BCUT2D eigenvalue weighted by molar-refractivity contribution is 6.30. The van der Waals surface area contributed by atoms with Gasteiger partial charge in [0.2, 0.25) is 0 Å². The van der Waals surface area contributed by atoms with Gasteiger partial charge in [0.25, 0.3) is 0 Å². The lowest BCUT2D eigenvalue weighted by atomic mass is 10.0. The number of hydrogen-bond donors (Lipinski definition) is 0. The molecule has 2 atom stereocenters. The molecule has 3 rings (SSSR count). The third-order valence-electron chi connectivity index (χ3n) is 3.83. The number of halogens is 2. The van der Waals surface area contributed by atoms with Gasteiger partial charge in [0.1, 0.15) is 11.6 Å². The summed E-state index contributed by atoms with van der Waals surface area (Å²) >= 11 is 5.73. The van der Waals surface area contributed by atoms with Gasteiger partial charge in [0.05, 0.1) is 5.02 Å². The van der Waals surface area contributed by atoms with Crippen LogP contribution in [0.2, 0.25) is 5.02 Å². The molecular weight excluding hydrogens is 275 g/mol. The number of carbonyl (C=O) groups is 1. The van der Waals surface area contributed by atoms with E-state index >= 15 is 0 Å². The molecule has 0 radical (unpaired) electrons. The van der Waals surface area contributed by atoms with Crippen molar-refractivity contribution in [1.29, 1.82) is 0 Å². The van der Waals surface area contributed by atoms with E-state index < -0.39 is 5.82 Å². The van der Waals surface area contributed by atoms with Crippen molar-refractivity contribution in [1.82, 2.24) is 0 Å². The minimum absolute atomic E-state index is 0.0239. The van der Waals surface area contributed by atoms with Crippen molar-refractivity contribution in [2.45, 2.75) is 18.8 Å². The number of carbonyl (C=O) groups excluding carboxylic acids is 1. The van der Waals surface area contributed by atoms with Gasteiger partial charge in [0, 0.05) is 12.3 Å². The van der Waals surface area contributed by atoms with Crippen molar-refractivity contribution in [2.24, 2.45) is 5.92 Å². The fraction of sp³-hybridized carbons (Fsp3) is 0.235. The van der Waals surface area contributed by atoms with Crippen molar-refractivity contribution >= 4 is 17.4 Å². The second kappa shape index (κ2) is 5.37. The average Bonchev–Trinajstić information content (AvgIpc) is 3.25. The highest BCUT2D eigenvalue weighted by Crippen LogP contribution is 2.48. The molecule has 0 bridgehead atoms. The molecule has 0 heterocycles. The average molecular weight is 289 g/mol. The second-order valence-corrected chi connectivity index (χ2v) is 5.62. The summed E-state index contributed by atoms with van der Waals surface area (Å²) in [5.74, 6) is -0.0545. The van der Waals surface area contributed by atoms with Gasteiger partial charge in [0.15, 0.2) is 0 Å². The third kappa shape index (κ3) is 2.61. The summed E-state index contributed by atoms with van der Waals surface area (Å²) in [6.45, 7) is 0. The molecule has 2 unspecified atom stereocenters. The van der Waals surface area contributed by atoms with Crippen LogP contribution in [0.1, 0.15) is 23.5 Å². The topological polar surface area (TPSA) is 17.1 Å². The van der Waals surface area contributed by atoms with E-state index in [0.717, 1.165) is 6.42 Å². The minimum Gasteiger partial charge on any atom is -0.299 e. The van der Waals surface area contributed by atoms with Gasteiger partial charge in [-0.05, 0) is 29.5 Å². The van der Waals surface area contributed by atoms with Crippen LogP contribution in [0.4, 0.5) is 4.39 Å². The lowest BCUT2D eigenvalue weighted by Gasteiger charge is -2.04. The lowest BCUT2D eigenvalue weighted by Crippen LogP contribution is -2.08. The smallest absolute Gasteiger partial charge is 0.145 e. The molecule has 0 N–H and O–H groups in total. The summed E-state index contributed by atoms with van der Waals surface area (Å²) in [7, 11) is 0. The predicted molar refractivity (Wildman–Crippen MR) is 77.4 cm³/mol. The SMILES string of the molecule is O=C(Cc1cccc(Cl)c1F)C1CC1c1ccccc1. The van der Waals surface area contributed by atoms with Gasteiger partial charge in [-0.2, -0.15) is 0 Å². The standard InChI is InChI=1S/C17H14ClFO/c18-15-8-4-7-12(17(15)19)9-16(20)14-10-13(14)11-5-2-1-3-6-11/h1-8,13-14H,9-10H2. The Morgan fingerprint density at radius 3 is 2.65 bits per heavy atom. The fourth-order valence-electron chi connectivity index (χ4n) is 2.62. The summed E-state index contributed by atoms with van der Waals surface area (Å²) in [4.78, 5) is 12.2. The van der Waals surface area contributed by atoms with Gasteiger partial charge in [-0.25, -0.2) is 4.39 Å². The predicted octanol–water partition coefficient (Wildman–Crippen LogP) is 4.39. The second-order valence-electron chi connectivity index (χ2n) is 5.22. The van der Waals surface area contributed by atoms with Crippen molar-refractivity contribution in [3.05, 3.63) is 70.5 Å². The van der Waals surface area contributed by atoms with E-state index in [-0.39, 0.29) is 23.1 Å². The first-order chi connectivity index (χ1) is 9.66. The first-order valence-electron chi connectivity index (χ1n) is 6.67. The highest BCUT2D eigenvalue weighted by Gasteiger charge is 2.43. The van der Waals surface area contributed by atoms with Crippen molar-refractivity contribution in [3.8, 4) is 0 Å². The van der Waals surface area contributed by atoms with E-state index in [4.69, 9.17) is 11.6 Å². The molecule has 0 aliphatic heterocycles. The Morgan fingerprint density at radius 1 is 1.15 bits per heavy atom. The zero-order valence-corrected chi connectivity index (χ0v) is 11.6. The van der Waals surface area contributed by atoms with E-state index in [1.807, 2.05) is 30.3 Å². The summed E-state index contributed by atoms with van der Waals surface area (Å²) < 4.78 is 13.8. The fourth-order valence-corrected chi connectivity index (χ4v) is 2.82. The maximum Gasteiger partial charge on any atom is 0.145 e.